The highest BCUT2D eigenvalue weighted by molar-refractivity contribution is 5.74. The van der Waals surface area contributed by atoms with E-state index in [2.05, 4.69) is 9.97 Å². The van der Waals surface area contributed by atoms with Gasteiger partial charge in [-0.1, -0.05) is 0 Å². The highest BCUT2D eigenvalue weighted by atomic mass is 16.5. The number of nitrogens with zero attached hydrogens (tertiary/aromatic N) is 3. The van der Waals surface area contributed by atoms with Gasteiger partial charge in [-0.25, -0.2) is 9.97 Å². The Bertz CT molecular complexity index is 416. The number of ether oxygens (including phenoxy) is 1. The molecule has 0 aromatic carbocycles. The molecule has 6 nitrogen and oxygen atoms in total. The fraction of sp³-hybridized carbons (Fsp3) is 0.545. The highest BCUT2D eigenvalue weighted by Crippen LogP contribution is 2.29. The first kappa shape index (κ1) is 11.6. The van der Waals surface area contributed by atoms with Crippen molar-refractivity contribution in [2.45, 2.75) is 20.0 Å². The van der Waals surface area contributed by atoms with E-state index in [0.29, 0.717) is 24.8 Å². The summed E-state index contributed by atoms with van der Waals surface area (Å²) in [5.41, 5.74) is 0. The van der Waals surface area contributed by atoms with Crippen LogP contribution in [-0.4, -0.2) is 40.2 Å². The molecule has 2 heterocycles. The minimum atomic E-state index is -0.767. The van der Waals surface area contributed by atoms with Crippen LogP contribution in [0.3, 0.4) is 0 Å². The molecule has 1 aromatic rings. The van der Waals surface area contributed by atoms with Crippen LogP contribution in [0.2, 0.25) is 0 Å². The molecule has 1 fully saturated rings. The number of hydrogen-bond acceptors (Lipinski definition) is 5. The lowest BCUT2D eigenvalue weighted by Crippen LogP contribution is -2.51. The maximum Gasteiger partial charge on any atom is 0.310 e. The van der Waals surface area contributed by atoms with E-state index < -0.39 is 5.97 Å². The topological polar surface area (TPSA) is 75.6 Å². The van der Waals surface area contributed by atoms with Gasteiger partial charge in [0.05, 0.1) is 12.0 Å². The van der Waals surface area contributed by atoms with E-state index in [1.54, 1.807) is 12.4 Å². The van der Waals surface area contributed by atoms with Crippen LogP contribution < -0.4 is 9.64 Å². The number of aliphatic carboxylic acids is 1. The van der Waals surface area contributed by atoms with Crippen molar-refractivity contribution in [2.75, 3.05) is 18.0 Å². The van der Waals surface area contributed by atoms with E-state index in [4.69, 9.17) is 9.84 Å². The Balaban J connectivity index is 2.09. The second kappa shape index (κ2) is 4.57. The fourth-order valence-electron chi connectivity index (χ4n) is 1.65. The van der Waals surface area contributed by atoms with E-state index >= 15 is 0 Å². The number of hydrogen-bond donors (Lipinski definition) is 1. The van der Waals surface area contributed by atoms with Crippen LogP contribution in [0.5, 0.6) is 5.88 Å². The molecule has 1 saturated heterocycles. The van der Waals surface area contributed by atoms with Gasteiger partial charge >= 0.3 is 5.97 Å². The van der Waals surface area contributed by atoms with E-state index in [1.165, 1.54) is 0 Å². The quantitative estimate of drug-likeness (QED) is 0.834. The molecule has 92 valence electrons. The van der Waals surface area contributed by atoms with Gasteiger partial charge in [0.2, 0.25) is 0 Å². The Morgan fingerprint density at radius 1 is 1.47 bits per heavy atom. The Morgan fingerprint density at radius 3 is 2.71 bits per heavy atom. The third-order valence-electron chi connectivity index (χ3n) is 2.52. The molecule has 0 bridgehead atoms. The molecule has 0 amide bonds. The maximum atomic E-state index is 10.7. The van der Waals surface area contributed by atoms with Crippen molar-refractivity contribution >= 4 is 11.8 Å². The van der Waals surface area contributed by atoms with Crippen molar-refractivity contribution in [3.8, 4) is 5.88 Å². The van der Waals surface area contributed by atoms with Gasteiger partial charge in [-0.05, 0) is 13.8 Å². The van der Waals surface area contributed by atoms with Crippen molar-refractivity contribution in [2.24, 2.45) is 5.92 Å². The zero-order valence-corrected chi connectivity index (χ0v) is 9.83. The van der Waals surface area contributed by atoms with Crippen LogP contribution in [0, 0.1) is 5.92 Å². The Hall–Kier alpha value is -1.85. The largest absolute Gasteiger partial charge is 0.481 e. The average molecular weight is 237 g/mol. The van der Waals surface area contributed by atoms with Crippen molar-refractivity contribution in [1.29, 1.82) is 0 Å². The SMILES string of the molecule is CC(C)Oc1nccnc1N1CC(C(=O)O)C1. The molecule has 0 spiro atoms. The van der Waals surface area contributed by atoms with Crippen molar-refractivity contribution < 1.29 is 14.6 Å². The van der Waals surface area contributed by atoms with Gasteiger partial charge in [0, 0.05) is 25.5 Å². The van der Waals surface area contributed by atoms with E-state index in [1.807, 2.05) is 18.7 Å². The third kappa shape index (κ3) is 2.46. The van der Waals surface area contributed by atoms with Crippen LogP contribution in [0.4, 0.5) is 5.82 Å². The molecule has 2 rings (SSSR count). The molecule has 17 heavy (non-hydrogen) atoms. The number of anilines is 1. The fourth-order valence-corrected chi connectivity index (χ4v) is 1.65. The first-order valence-corrected chi connectivity index (χ1v) is 5.53. The Morgan fingerprint density at radius 2 is 2.12 bits per heavy atom. The molecule has 0 saturated carbocycles. The van der Waals surface area contributed by atoms with Crippen LogP contribution in [0.15, 0.2) is 12.4 Å². The monoisotopic (exact) mass is 237 g/mol. The summed E-state index contributed by atoms with van der Waals surface area (Å²) >= 11 is 0. The molecule has 6 heteroatoms. The van der Waals surface area contributed by atoms with Crippen molar-refractivity contribution in [3.63, 3.8) is 0 Å². The summed E-state index contributed by atoms with van der Waals surface area (Å²) in [5.74, 6) is 0.00501. The minimum Gasteiger partial charge on any atom is -0.481 e. The molecular formula is C11H15N3O3. The van der Waals surface area contributed by atoms with Gasteiger partial charge in [0.15, 0.2) is 5.82 Å². The normalized spacial score (nSPS) is 15.8. The number of carboxylic acids is 1. The zero-order valence-electron chi connectivity index (χ0n) is 9.83. The average Bonchev–Trinajstić information content (AvgIpc) is 2.16. The second-order valence-electron chi connectivity index (χ2n) is 4.29. The molecule has 1 aliphatic rings. The predicted octanol–water partition coefficient (Wildman–Crippen LogP) is 0.785. The number of carboxylic acid groups (broad SMARTS) is 1. The standard InChI is InChI=1S/C11H15N3O3/c1-7(2)17-10-9(12-3-4-13-10)14-5-8(6-14)11(15)16/h3-4,7-8H,5-6H2,1-2H3,(H,15,16). The summed E-state index contributed by atoms with van der Waals surface area (Å²) < 4.78 is 5.54. The second-order valence-corrected chi connectivity index (χ2v) is 4.29. The molecule has 0 radical (unpaired) electrons. The first-order chi connectivity index (χ1) is 8.08. The van der Waals surface area contributed by atoms with E-state index in [0.717, 1.165) is 0 Å². The lowest BCUT2D eigenvalue weighted by Gasteiger charge is -2.37. The van der Waals surface area contributed by atoms with Crippen molar-refractivity contribution in [3.05, 3.63) is 12.4 Å². The van der Waals surface area contributed by atoms with Gasteiger partial charge in [-0.2, -0.15) is 0 Å². The summed E-state index contributed by atoms with van der Waals surface area (Å²) in [7, 11) is 0. The van der Waals surface area contributed by atoms with Gasteiger partial charge < -0.3 is 14.7 Å². The van der Waals surface area contributed by atoms with Gasteiger partial charge in [0.25, 0.3) is 5.88 Å². The van der Waals surface area contributed by atoms with Crippen LogP contribution in [-0.2, 0) is 4.79 Å². The third-order valence-corrected chi connectivity index (χ3v) is 2.52. The summed E-state index contributed by atoms with van der Waals surface area (Å²) in [6.07, 6.45) is 3.16. The van der Waals surface area contributed by atoms with Crippen LogP contribution in [0.25, 0.3) is 0 Å². The molecule has 1 aliphatic heterocycles. The Kier molecular flexibility index (Phi) is 3.12. The first-order valence-electron chi connectivity index (χ1n) is 5.53. The van der Waals surface area contributed by atoms with E-state index in [-0.39, 0.29) is 12.0 Å². The minimum absolute atomic E-state index is 0.0157. The zero-order chi connectivity index (χ0) is 12.4. The molecule has 1 N–H and O–H groups in total. The Labute approximate surface area is 99.2 Å². The predicted molar refractivity (Wildman–Crippen MR) is 61.1 cm³/mol. The maximum absolute atomic E-state index is 10.7. The van der Waals surface area contributed by atoms with Gasteiger partial charge in [0.1, 0.15) is 0 Å². The van der Waals surface area contributed by atoms with Crippen LogP contribution in [0.1, 0.15) is 13.8 Å². The molecular weight excluding hydrogens is 222 g/mol. The highest BCUT2D eigenvalue weighted by Gasteiger charge is 2.35. The smallest absolute Gasteiger partial charge is 0.310 e. The molecule has 0 unspecified atom stereocenters. The summed E-state index contributed by atoms with van der Waals surface area (Å²) in [4.78, 5) is 20.9. The number of rotatable bonds is 4. The lowest BCUT2D eigenvalue weighted by atomic mass is 10.0. The number of aromatic nitrogens is 2. The lowest BCUT2D eigenvalue weighted by molar-refractivity contribution is -0.142. The molecule has 0 atom stereocenters. The van der Waals surface area contributed by atoms with Crippen LogP contribution >= 0.6 is 0 Å². The van der Waals surface area contributed by atoms with Gasteiger partial charge in [-0.15, -0.1) is 0 Å². The summed E-state index contributed by atoms with van der Waals surface area (Å²) in [6.45, 7) is 4.74. The molecule has 1 aromatic heterocycles. The number of carbonyl (C=O) groups is 1. The summed E-state index contributed by atoms with van der Waals surface area (Å²) in [6, 6.07) is 0. The van der Waals surface area contributed by atoms with Crippen molar-refractivity contribution in [1.82, 2.24) is 9.97 Å². The summed E-state index contributed by atoms with van der Waals surface area (Å²) in [5, 5.41) is 8.82. The van der Waals surface area contributed by atoms with Gasteiger partial charge in [-0.3, -0.25) is 4.79 Å². The molecule has 0 aliphatic carbocycles. The van der Waals surface area contributed by atoms with E-state index in [9.17, 15) is 4.79 Å².